The molecule has 94 valence electrons. The molecule has 0 bridgehead atoms. The third-order valence-electron chi connectivity index (χ3n) is 2.32. The van der Waals surface area contributed by atoms with Crippen molar-refractivity contribution in [3.63, 3.8) is 0 Å². The minimum atomic E-state index is -0.632. The van der Waals surface area contributed by atoms with Crippen LogP contribution in [0.3, 0.4) is 0 Å². The quantitative estimate of drug-likeness (QED) is 0.576. The lowest BCUT2D eigenvalue weighted by atomic mass is 10.1. The van der Waals surface area contributed by atoms with Gasteiger partial charge in [0.15, 0.2) is 0 Å². The number of hydrogen-bond donors (Lipinski definition) is 2. The molecular weight excluding hydrogens is 225 g/mol. The summed E-state index contributed by atoms with van der Waals surface area (Å²) in [4.78, 5) is 11.6. The highest BCUT2D eigenvalue weighted by molar-refractivity contribution is 5.77. The first-order valence-electron chi connectivity index (χ1n) is 5.36. The van der Waals surface area contributed by atoms with Crippen LogP contribution in [0.1, 0.15) is 18.0 Å². The summed E-state index contributed by atoms with van der Waals surface area (Å²) in [6, 6.07) is 5.01. The van der Waals surface area contributed by atoms with E-state index in [-0.39, 0.29) is 12.4 Å². The van der Waals surface area contributed by atoms with Gasteiger partial charge >= 0.3 is 5.97 Å². The molecule has 1 aromatic rings. The molecule has 0 radical (unpaired) electrons. The smallest absolute Gasteiger partial charge is 0.327 e. The Labute approximate surface area is 99.4 Å². The second kappa shape index (κ2) is 6.98. The molecule has 1 rings (SSSR count). The van der Waals surface area contributed by atoms with Crippen molar-refractivity contribution >= 4 is 5.97 Å². The van der Waals surface area contributed by atoms with E-state index >= 15 is 0 Å². The third kappa shape index (κ3) is 4.13. The SMILES string of the molecule is COC(=O)C(NCCCO)c1ccc(F)cc1. The predicted molar refractivity (Wildman–Crippen MR) is 60.9 cm³/mol. The molecule has 5 heteroatoms. The summed E-state index contributed by atoms with van der Waals surface area (Å²) in [6.07, 6.45) is 0.536. The summed E-state index contributed by atoms with van der Waals surface area (Å²) in [7, 11) is 1.30. The molecule has 0 amide bonds. The molecule has 0 aliphatic rings. The first-order valence-corrected chi connectivity index (χ1v) is 5.36. The van der Waals surface area contributed by atoms with Crippen LogP contribution in [-0.2, 0) is 9.53 Å². The van der Waals surface area contributed by atoms with E-state index < -0.39 is 12.0 Å². The van der Waals surface area contributed by atoms with E-state index in [4.69, 9.17) is 5.11 Å². The van der Waals surface area contributed by atoms with E-state index in [9.17, 15) is 9.18 Å². The summed E-state index contributed by atoms with van der Waals surface area (Å²) < 4.78 is 17.4. The van der Waals surface area contributed by atoms with Gasteiger partial charge in [0.1, 0.15) is 11.9 Å². The number of ether oxygens (including phenoxy) is 1. The van der Waals surface area contributed by atoms with Crippen molar-refractivity contribution in [2.45, 2.75) is 12.5 Å². The van der Waals surface area contributed by atoms with E-state index in [0.29, 0.717) is 18.5 Å². The van der Waals surface area contributed by atoms with Crippen molar-refractivity contribution in [1.29, 1.82) is 0 Å². The van der Waals surface area contributed by atoms with Crippen LogP contribution in [-0.4, -0.2) is 31.3 Å². The lowest BCUT2D eigenvalue weighted by molar-refractivity contribution is -0.143. The summed E-state index contributed by atoms with van der Waals surface area (Å²) in [5.41, 5.74) is 0.635. The van der Waals surface area contributed by atoms with Crippen molar-refractivity contribution in [2.75, 3.05) is 20.3 Å². The molecule has 0 spiro atoms. The lowest BCUT2D eigenvalue weighted by Crippen LogP contribution is -2.30. The van der Waals surface area contributed by atoms with Gasteiger partial charge in [-0.3, -0.25) is 0 Å². The average Bonchev–Trinajstić information content (AvgIpc) is 2.35. The molecule has 4 nitrogen and oxygen atoms in total. The highest BCUT2D eigenvalue weighted by atomic mass is 19.1. The Morgan fingerprint density at radius 1 is 1.47 bits per heavy atom. The number of hydrogen-bond acceptors (Lipinski definition) is 4. The van der Waals surface area contributed by atoms with Crippen LogP contribution in [0, 0.1) is 5.82 Å². The maximum Gasteiger partial charge on any atom is 0.327 e. The van der Waals surface area contributed by atoms with Gasteiger partial charge < -0.3 is 15.2 Å². The van der Waals surface area contributed by atoms with Crippen molar-refractivity contribution < 1.29 is 19.0 Å². The fourth-order valence-corrected chi connectivity index (χ4v) is 1.44. The average molecular weight is 241 g/mol. The molecule has 0 aliphatic carbocycles. The molecule has 0 fully saturated rings. The number of methoxy groups -OCH3 is 1. The van der Waals surface area contributed by atoms with Crippen molar-refractivity contribution in [1.82, 2.24) is 5.32 Å². The zero-order valence-electron chi connectivity index (χ0n) is 9.65. The number of rotatable bonds is 6. The monoisotopic (exact) mass is 241 g/mol. The Balaban J connectivity index is 2.74. The first-order chi connectivity index (χ1) is 8.19. The summed E-state index contributed by atoms with van der Waals surface area (Å²) in [6.45, 7) is 0.526. The number of aliphatic hydroxyl groups excluding tert-OH is 1. The molecule has 0 saturated heterocycles. The lowest BCUT2D eigenvalue weighted by Gasteiger charge is -2.16. The van der Waals surface area contributed by atoms with Gasteiger partial charge in [-0.25, -0.2) is 9.18 Å². The fourth-order valence-electron chi connectivity index (χ4n) is 1.44. The molecule has 0 aromatic heterocycles. The second-order valence-electron chi connectivity index (χ2n) is 3.54. The van der Waals surface area contributed by atoms with Crippen LogP contribution in [0.25, 0.3) is 0 Å². The summed E-state index contributed by atoms with van der Waals surface area (Å²) in [5.74, 6) is -0.790. The van der Waals surface area contributed by atoms with Crippen molar-refractivity contribution in [3.05, 3.63) is 35.6 Å². The van der Waals surface area contributed by atoms with E-state index in [0.717, 1.165) is 0 Å². The van der Waals surface area contributed by atoms with E-state index in [1.165, 1.54) is 31.4 Å². The van der Waals surface area contributed by atoms with E-state index in [2.05, 4.69) is 10.1 Å². The molecular formula is C12H16FNO3. The third-order valence-corrected chi connectivity index (χ3v) is 2.32. The van der Waals surface area contributed by atoms with Gasteiger partial charge in [-0.05, 0) is 30.7 Å². The minimum absolute atomic E-state index is 0.0459. The number of nitrogens with one attached hydrogen (secondary N) is 1. The van der Waals surface area contributed by atoms with Gasteiger partial charge in [0.05, 0.1) is 7.11 Å². The predicted octanol–water partition coefficient (Wildman–Crippen LogP) is 1.01. The topological polar surface area (TPSA) is 58.6 Å². The van der Waals surface area contributed by atoms with Crippen LogP contribution >= 0.6 is 0 Å². The zero-order valence-corrected chi connectivity index (χ0v) is 9.65. The van der Waals surface area contributed by atoms with Gasteiger partial charge in [0, 0.05) is 6.61 Å². The van der Waals surface area contributed by atoms with Gasteiger partial charge in [0.25, 0.3) is 0 Å². The Bertz CT molecular complexity index is 353. The number of benzene rings is 1. The van der Waals surface area contributed by atoms with Crippen molar-refractivity contribution in [3.8, 4) is 0 Å². The van der Waals surface area contributed by atoms with E-state index in [1.54, 1.807) is 0 Å². The van der Waals surface area contributed by atoms with Crippen LogP contribution in [0.5, 0.6) is 0 Å². The minimum Gasteiger partial charge on any atom is -0.468 e. The summed E-state index contributed by atoms with van der Waals surface area (Å²) in [5, 5.41) is 11.6. The van der Waals surface area contributed by atoms with Gasteiger partial charge in [-0.1, -0.05) is 12.1 Å². The number of halogens is 1. The molecule has 0 aliphatic heterocycles. The maximum absolute atomic E-state index is 12.8. The number of esters is 1. The van der Waals surface area contributed by atoms with Gasteiger partial charge in [0.2, 0.25) is 0 Å². The van der Waals surface area contributed by atoms with Crippen LogP contribution in [0.4, 0.5) is 4.39 Å². The van der Waals surface area contributed by atoms with Crippen LogP contribution in [0.15, 0.2) is 24.3 Å². The van der Waals surface area contributed by atoms with Crippen LogP contribution in [0.2, 0.25) is 0 Å². The Morgan fingerprint density at radius 2 is 2.12 bits per heavy atom. The number of carbonyl (C=O) groups is 1. The Kier molecular flexibility index (Phi) is 5.59. The highest BCUT2D eigenvalue weighted by Crippen LogP contribution is 2.15. The number of carbonyl (C=O) groups excluding carboxylic acids is 1. The molecule has 2 N–H and O–H groups in total. The van der Waals surface area contributed by atoms with Gasteiger partial charge in [-0.15, -0.1) is 0 Å². The Morgan fingerprint density at radius 3 is 2.65 bits per heavy atom. The molecule has 17 heavy (non-hydrogen) atoms. The maximum atomic E-state index is 12.8. The zero-order chi connectivity index (χ0) is 12.7. The molecule has 1 atom stereocenters. The molecule has 1 aromatic carbocycles. The van der Waals surface area contributed by atoms with Gasteiger partial charge in [-0.2, -0.15) is 0 Å². The Hall–Kier alpha value is -1.46. The standard InChI is InChI=1S/C12H16FNO3/c1-17-12(16)11(14-7-2-8-15)9-3-5-10(13)6-4-9/h3-6,11,14-15H,2,7-8H2,1H3. The fraction of sp³-hybridized carbons (Fsp3) is 0.417. The van der Waals surface area contributed by atoms with Crippen molar-refractivity contribution in [2.24, 2.45) is 0 Å². The second-order valence-corrected chi connectivity index (χ2v) is 3.54. The number of aliphatic hydroxyl groups is 1. The normalized spacial score (nSPS) is 12.2. The largest absolute Gasteiger partial charge is 0.468 e. The highest BCUT2D eigenvalue weighted by Gasteiger charge is 2.20. The molecule has 0 saturated carbocycles. The summed E-state index contributed by atoms with van der Waals surface area (Å²) >= 11 is 0. The molecule has 1 unspecified atom stereocenters. The first kappa shape index (κ1) is 13.6. The van der Waals surface area contributed by atoms with E-state index in [1.807, 2.05) is 0 Å². The van der Waals surface area contributed by atoms with Crippen LogP contribution < -0.4 is 5.32 Å². The molecule has 0 heterocycles.